The second kappa shape index (κ2) is 4.65. The molecule has 2 aliphatic carbocycles. The second-order valence-electron chi connectivity index (χ2n) is 5.40. The maximum Gasteiger partial charge on any atom is 0.0431 e. The van der Waals surface area contributed by atoms with Crippen LogP contribution in [-0.4, -0.2) is 11.7 Å². The summed E-state index contributed by atoms with van der Waals surface area (Å²) >= 11 is 0. The fourth-order valence-corrected chi connectivity index (χ4v) is 3.39. The van der Waals surface area contributed by atoms with Crippen LogP contribution in [-0.2, 0) is 0 Å². The summed E-state index contributed by atoms with van der Waals surface area (Å²) in [5.74, 6) is 1.10. The number of aliphatic hydroxyl groups is 1. The van der Waals surface area contributed by atoms with Gasteiger partial charge in [-0.2, -0.15) is 0 Å². The number of hydrogen-bond donors (Lipinski definition) is 1. The van der Waals surface area contributed by atoms with E-state index in [0.29, 0.717) is 6.61 Å². The van der Waals surface area contributed by atoms with E-state index in [4.69, 9.17) is 5.11 Å². The summed E-state index contributed by atoms with van der Waals surface area (Å²) in [6, 6.07) is 0. The van der Waals surface area contributed by atoms with Crippen molar-refractivity contribution in [2.75, 3.05) is 6.61 Å². The molecule has 1 N–H and O–H groups in total. The normalized spacial score (nSPS) is 28.5. The van der Waals surface area contributed by atoms with Crippen molar-refractivity contribution in [2.24, 2.45) is 11.3 Å². The lowest BCUT2D eigenvalue weighted by Crippen LogP contribution is -1.96. The fourth-order valence-electron chi connectivity index (χ4n) is 3.39. The van der Waals surface area contributed by atoms with Crippen LogP contribution < -0.4 is 0 Å². The molecule has 82 valence electrons. The Morgan fingerprint density at radius 1 is 1.00 bits per heavy atom. The second-order valence-corrected chi connectivity index (χ2v) is 5.40. The van der Waals surface area contributed by atoms with Crippen molar-refractivity contribution >= 4 is 0 Å². The van der Waals surface area contributed by atoms with Gasteiger partial charge in [-0.25, -0.2) is 0 Å². The molecule has 0 aromatic rings. The molecule has 1 spiro atoms. The molecule has 0 radical (unpaired) electrons. The van der Waals surface area contributed by atoms with Crippen LogP contribution in [0.5, 0.6) is 0 Å². The highest BCUT2D eigenvalue weighted by Gasteiger charge is 2.53. The Morgan fingerprint density at radius 3 is 2.43 bits per heavy atom. The molecule has 0 aliphatic heterocycles. The first kappa shape index (κ1) is 10.5. The Bertz CT molecular complexity index is 170. The summed E-state index contributed by atoms with van der Waals surface area (Å²) < 4.78 is 0. The quantitative estimate of drug-likeness (QED) is 0.645. The predicted molar refractivity (Wildman–Crippen MR) is 59.2 cm³/mol. The van der Waals surface area contributed by atoms with Gasteiger partial charge in [-0.3, -0.25) is 0 Å². The third-order valence-electron chi connectivity index (χ3n) is 4.42. The third kappa shape index (κ3) is 2.31. The zero-order chi connectivity index (χ0) is 9.86. The number of rotatable bonds is 6. The Morgan fingerprint density at radius 2 is 1.71 bits per heavy atom. The summed E-state index contributed by atoms with van der Waals surface area (Å²) in [6.07, 6.45) is 14.1. The first-order valence-electron chi connectivity index (χ1n) is 6.48. The summed E-state index contributed by atoms with van der Waals surface area (Å²) in [5.41, 5.74) is 0.858. The molecule has 1 heteroatoms. The van der Waals surface area contributed by atoms with Crippen LogP contribution in [0.4, 0.5) is 0 Å². The SMILES string of the molecule is OCCCCCCC1CC12CCCC2. The molecule has 0 aromatic carbocycles. The standard InChI is InChI=1S/C13H24O/c14-10-6-2-1-3-7-12-11-13(12)8-4-5-9-13/h12,14H,1-11H2. The molecule has 1 atom stereocenters. The van der Waals surface area contributed by atoms with Crippen LogP contribution in [0.25, 0.3) is 0 Å². The van der Waals surface area contributed by atoms with Crippen molar-refractivity contribution in [3.8, 4) is 0 Å². The molecule has 2 fully saturated rings. The van der Waals surface area contributed by atoms with Crippen molar-refractivity contribution in [3.05, 3.63) is 0 Å². The number of aliphatic hydroxyl groups excluding tert-OH is 1. The van der Waals surface area contributed by atoms with E-state index >= 15 is 0 Å². The Labute approximate surface area is 87.9 Å². The maximum atomic E-state index is 8.65. The van der Waals surface area contributed by atoms with Crippen molar-refractivity contribution in [1.82, 2.24) is 0 Å². The van der Waals surface area contributed by atoms with E-state index in [1.165, 1.54) is 51.4 Å². The molecule has 2 aliphatic rings. The van der Waals surface area contributed by atoms with Gasteiger partial charge in [0.2, 0.25) is 0 Å². The van der Waals surface area contributed by atoms with Crippen LogP contribution in [0.1, 0.15) is 64.2 Å². The lowest BCUT2D eigenvalue weighted by atomic mass is 9.98. The van der Waals surface area contributed by atoms with Crippen molar-refractivity contribution < 1.29 is 5.11 Å². The minimum Gasteiger partial charge on any atom is -0.396 e. The lowest BCUT2D eigenvalue weighted by Gasteiger charge is -2.07. The van der Waals surface area contributed by atoms with E-state index in [2.05, 4.69) is 0 Å². The van der Waals surface area contributed by atoms with Crippen molar-refractivity contribution in [3.63, 3.8) is 0 Å². The zero-order valence-corrected chi connectivity index (χ0v) is 9.30. The van der Waals surface area contributed by atoms with E-state index < -0.39 is 0 Å². The summed E-state index contributed by atoms with van der Waals surface area (Å²) in [7, 11) is 0. The van der Waals surface area contributed by atoms with Gasteiger partial charge in [0.25, 0.3) is 0 Å². The van der Waals surface area contributed by atoms with Crippen LogP contribution in [0.3, 0.4) is 0 Å². The molecule has 1 unspecified atom stereocenters. The Balaban J connectivity index is 1.51. The van der Waals surface area contributed by atoms with E-state index in [1.807, 2.05) is 0 Å². The van der Waals surface area contributed by atoms with E-state index in [9.17, 15) is 0 Å². The molecule has 14 heavy (non-hydrogen) atoms. The Hall–Kier alpha value is -0.0400. The largest absolute Gasteiger partial charge is 0.396 e. The Kier molecular flexibility index (Phi) is 3.48. The van der Waals surface area contributed by atoms with E-state index in [1.54, 1.807) is 6.42 Å². The van der Waals surface area contributed by atoms with Gasteiger partial charge in [0.15, 0.2) is 0 Å². The molecular formula is C13H24O. The minimum atomic E-state index is 0.382. The monoisotopic (exact) mass is 196 g/mol. The van der Waals surface area contributed by atoms with Gasteiger partial charge in [-0.1, -0.05) is 32.1 Å². The van der Waals surface area contributed by atoms with Crippen LogP contribution in [0, 0.1) is 11.3 Å². The summed E-state index contributed by atoms with van der Waals surface area (Å²) in [5, 5.41) is 8.65. The van der Waals surface area contributed by atoms with E-state index in [-0.39, 0.29) is 0 Å². The first-order chi connectivity index (χ1) is 6.87. The highest BCUT2D eigenvalue weighted by atomic mass is 16.2. The first-order valence-corrected chi connectivity index (χ1v) is 6.48. The molecule has 2 saturated carbocycles. The lowest BCUT2D eigenvalue weighted by molar-refractivity contribution is 0.282. The van der Waals surface area contributed by atoms with Crippen LogP contribution in [0.15, 0.2) is 0 Å². The molecule has 0 aromatic heterocycles. The average Bonchev–Trinajstić information content (AvgIpc) is 2.63. The molecule has 0 bridgehead atoms. The molecule has 0 heterocycles. The van der Waals surface area contributed by atoms with Crippen molar-refractivity contribution in [1.29, 1.82) is 0 Å². The highest BCUT2D eigenvalue weighted by molar-refractivity contribution is 5.04. The smallest absolute Gasteiger partial charge is 0.0431 e. The van der Waals surface area contributed by atoms with Gasteiger partial charge in [-0.15, -0.1) is 0 Å². The fraction of sp³-hybridized carbons (Fsp3) is 1.00. The van der Waals surface area contributed by atoms with E-state index in [0.717, 1.165) is 17.8 Å². The average molecular weight is 196 g/mol. The molecule has 2 rings (SSSR count). The summed E-state index contributed by atoms with van der Waals surface area (Å²) in [4.78, 5) is 0. The van der Waals surface area contributed by atoms with Gasteiger partial charge in [0.05, 0.1) is 0 Å². The maximum absolute atomic E-state index is 8.65. The molecule has 0 saturated heterocycles. The molecular weight excluding hydrogens is 172 g/mol. The molecule has 1 nitrogen and oxygen atoms in total. The predicted octanol–water partition coefficient (Wildman–Crippen LogP) is 3.51. The van der Waals surface area contributed by atoms with Crippen LogP contribution >= 0.6 is 0 Å². The minimum absolute atomic E-state index is 0.382. The summed E-state index contributed by atoms with van der Waals surface area (Å²) in [6.45, 7) is 0.382. The topological polar surface area (TPSA) is 20.2 Å². The van der Waals surface area contributed by atoms with Crippen molar-refractivity contribution in [2.45, 2.75) is 64.2 Å². The zero-order valence-electron chi connectivity index (χ0n) is 9.30. The highest BCUT2D eigenvalue weighted by Crippen LogP contribution is 2.64. The van der Waals surface area contributed by atoms with Gasteiger partial charge in [0.1, 0.15) is 0 Å². The van der Waals surface area contributed by atoms with Gasteiger partial charge in [-0.05, 0) is 43.4 Å². The third-order valence-corrected chi connectivity index (χ3v) is 4.42. The van der Waals surface area contributed by atoms with Crippen LogP contribution in [0.2, 0.25) is 0 Å². The van der Waals surface area contributed by atoms with Gasteiger partial charge >= 0.3 is 0 Å². The number of unbranched alkanes of at least 4 members (excludes halogenated alkanes) is 3. The molecule has 0 amide bonds. The number of hydrogen-bond acceptors (Lipinski definition) is 1. The van der Waals surface area contributed by atoms with Gasteiger partial charge < -0.3 is 5.11 Å². The van der Waals surface area contributed by atoms with Gasteiger partial charge in [0, 0.05) is 6.61 Å².